The molecule has 6 nitrogen and oxygen atoms in total. The number of nitrogens with one attached hydrogen (secondary N) is 1. The fraction of sp³-hybridized carbons (Fsp3) is 0.423. The lowest BCUT2D eigenvalue weighted by Crippen LogP contribution is -2.47. The van der Waals surface area contributed by atoms with Crippen molar-refractivity contribution in [2.24, 2.45) is 0 Å². The van der Waals surface area contributed by atoms with Crippen LogP contribution < -0.4 is 10.1 Å². The third-order valence-corrected chi connectivity index (χ3v) is 6.84. The zero-order chi connectivity index (χ0) is 23.2. The van der Waals surface area contributed by atoms with Crippen molar-refractivity contribution in [3.8, 4) is 5.75 Å². The summed E-state index contributed by atoms with van der Waals surface area (Å²) < 4.78 is 13.6. The van der Waals surface area contributed by atoms with E-state index in [0.29, 0.717) is 11.5 Å². The van der Waals surface area contributed by atoms with Crippen LogP contribution in [-0.2, 0) is 14.3 Å². The fourth-order valence-electron chi connectivity index (χ4n) is 4.49. The molecule has 3 aliphatic rings. The van der Waals surface area contributed by atoms with E-state index in [2.05, 4.69) is 21.2 Å². The molecule has 1 aromatic carbocycles. The Hall–Kier alpha value is -2.67. The minimum Gasteiger partial charge on any atom is -0.496 e. The molecule has 1 unspecified atom stereocenters. The summed E-state index contributed by atoms with van der Waals surface area (Å²) >= 11 is 3.48. The maximum absolute atomic E-state index is 13.4. The highest BCUT2D eigenvalue weighted by atomic mass is 79.9. The van der Waals surface area contributed by atoms with E-state index in [4.69, 9.17) is 9.47 Å². The van der Waals surface area contributed by atoms with Crippen molar-refractivity contribution in [2.45, 2.75) is 57.1 Å². The van der Waals surface area contributed by atoms with Crippen molar-refractivity contribution < 1.29 is 23.6 Å². The summed E-state index contributed by atoms with van der Waals surface area (Å²) in [6, 6.07) is 5.73. The van der Waals surface area contributed by atoms with Crippen LogP contribution in [0.25, 0.3) is 6.08 Å². The van der Waals surface area contributed by atoms with Gasteiger partial charge in [0.25, 0.3) is 5.91 Å². The molecular weight excluding hydrogens is 484 g/mol. The number of ether oxygens (including phenoxy) is 2. The van der Waals surface area contributed by atoms with Crippen molar-refractivity contribution >= 4 is 39.5 Å². The number of benzene rings is 1. The molecule has 0 spiro atoms. The number of allylic oxidation sites excluding steroid dienone is 2. The molecule has 1 aromatic rings. The van der Waals surface area contributed by atoms with E-state index in [1.165, 1.54) is 23.8 Å². The second kappa shape index (κ2) is 11.0. The maximum atomic E-state index is 13.4. The summed E-state index contributed by atoms with van der Waals surface area (Å²) in [5, 5.41) is 3.17. The Morgan fingerprint density at radius 1 is 1.21 bits per heavy atom. The third kappa shape index (κ3) is 5.82. The van der Waals surface area contributed by atoms with Crippen LogP contribution in [0.3, 0.4) is 0 Å². The van der Waals surface area contributed by atoms with Gasteiger partial charge in [0.05, 0.1) is 11.6 Å². The zero-order valence-corrected chi connectivity index (χ0v) is 20.5. The van der Waals surface area contributed by atoms with E-state index < -0.39 is 6.10 Å². The van der Waals surface area contributed by atoms with Gasteiger partial charge in [-0.1, -0.05) is 50.3 Å². The van der Waals surface area contributed by atoms with E-state index in [-0.39, 0.29) is 30.2 Å². The van der Waals surface area contributed by atoms with Crippen LogP contribution in [0.15, 0.2) is 52.7 Å². The summed E-state index contributed by atoms with van der Waals surface area (Å²) in [6.07, 6.45) is 16.8. The predicted octanol–water partition coefficient (Wildman–Crippen LogP) is 4.53. The maximum Gasteiger partial charge on any atom is 0.455 e. The quantitative estimate of drug-likeness (QED) is 0.463. The topological polar surface area (TPSA) is 67.6 Å². The molecule has 1 fully saturated rings. The number of hydrogen-bond donors (Lipinski definition) is 1. The largest absolute Gasteiger partial charge is 0.496 e. The molecule has 2 amide bonds. The monoisotopic (exact) mass is 513 g/mol. The van der Waals surface area contributed by atoms with Crippen LogP contribution in [0.4, 0.5) is 0 Å². The predicted molar refractivity (Wildman–Crippen MR) is 131 cm³/mol. The lowest BCUT2D eigenvalue weighted by atomic mass is 9.97. The van der Waals surface area contributed by atoms with Crippen LogP contribution in [0.5, 0.6) is 5.75 Å². The van der Waals surface area contributed by atoms with Crippen molar-refractivity contribution in [1.29, 1.82) is 0 Å². The van der Waals surface area contributed by atoms with Crippen molar-refractivity contribution in [3.05, 3.63) is 58.3 Å². The highest BCUT2D eigenvalue weighted by Crippen LogP contribution is 2.28. The number of halogens is 1. The Morgan fingerprint density at radius 2 is 1.97 bits per heavy atom. The van der Waals surface area contributed by atoms with Gasteiger partial charge in [-0.05, 0) is 58.6 Å². The number of carbonyl (C=O) groups excluding carboxylic acids is 2. The van der Waals surface area contributed by atoms with Gasteiger partial charge in [-0.15, -0.1) is 4.58 Å². The highest BCUT2D eigenvalue weighted by Gasteiger charge is 2.40. The molecule has 0 saturated heterocycles. The summed E-state index contributed by atoms with van der Waals surface area (Å²) in [5.41, 5.74) is 1.48. The molecule has 0 radical (unpaired) electrons. The summed E-state index contributed by atoms with van der Waals surface area (Å²) in [6.45, 7) is -0.0215. The number of hydrogen-bond acceptors (Lipinski definition) is 4. The summed E-state index contributed by atoms with van der Waals surface area (Å²) in [4.78, 5) is 26.3. The molecule has 1 N–H and O–H groups in total. The average molecular weight is 514 g/mol. The molecule has 1 aliphatic heterocycles. The number of rotatable bonds is 5. The molecule has 1 saturated carbocycles. The standard InChI is InChI=1S/C26H29BrN2O4/c1-32-22-14-13-18(15-20(22)27)16-24-26(31)29(21-11-7-8-12-23(21)33-24)17-25(30)28-19-9-5-3-2-4-6-10-19/h7-8,11-16,19,23H,2-6,9-10,17H2,1H3/p+1/b24-16-. The first-order valence-electron chi connectivity index (χ1n) is 11.6. The van der Waals surface area contributed by atoms with Crippen LogP contribution in [0.2, 0.25) is 0 Å². The van der Waals surface area contributed by atoms with Gasteiger partial charge in [0.15, 0.2) is 0 Å². The Balaban J connectivity index is 1.55. The second-order valence-corrected chi connectivity index (χ2v) is 9.47. The molecule has 33 heavy (non-hydrogen) atoms. The lowest BCUT2D eigenvalue weighted by molar-refractivity contribution is -0.443. The Morgan fingerprint density at radius 3 is 2.70 bits per heavy atom. The fourth-order valence-corrected chi connectivity index (χ4v) is 5.05. The molecular formula is C26H30BrN2O4+. The Bertz CT molecular complexity index is 1030. The number of carbonyl (C=O) groups is 2. The van der Waals surface area contributed by atoms with E-state index in [9.17, 15) is 9.59 Å². The first-order chi connectivity index (χ1) is 16.0. The molecule has 4 rings (SSSR count). The van der Waals surface area contributed by atoms with Crippen molar-refractivity contribution in [2.75, 3.05) is 13.7 Å². The minimum atomic E-state index is -0.408. The van der Waals surface area contributed by atoms with Crippen LogP contribution in [0, 0.1) is 0 Å². The summed E-state index contributed by atoms with van der Waals surface area (Å²) in [5.74, 6) is 0.466. The molecule has 0 aromatic heterocycles. The number of methoxy groups -OCH3 is 1. The molecule has 7 heteroatoms. The molecule has 2 aliphatic carbocycles. The van der Waals surface area contributed by atoms with E-state index in [0.717, 1.165) is 35.7 Å². The average Bonchev–Trinajstić information content (AvgIpc) is 2.78. The SMILES string of the molecule is COc1ccc(/C=C2\OC3C=CC=CC3=[N+](CC(=O)NC3CCCCCCC3)C2=O)cc1Br. The van der Waals surface area contributed by atoms with Gasteiger partial charge >= 0.3 is 5.91 Å². The van der Waals surface area contributed by atoms with Crippen molar-refractivity contribution in [1.82, 2.24) is 5.32 Å². The van der Waals surface area contributed by atoms with Gasteiger partial charge < -0.3 is 14.8 Å². The molecule has 0 bridgehead atoms. The number of fused-ring (bicyclic) bond motifs is 1. The van der Waals surface area contributed by atoms with Gasteiger partial charge in [0.2, 0.25) is 24.1 Å². The van der Waals surface area contributed by atoms with E-state index in [1.54, 1.807) is 13.2 Å². The minimum absolute atomic E-state index is 0.0215. The van der Waals surface area contributed by atoms with E-state index in [1.807, 2.05) is 42.5 Å². The normalized spacial score (nSPS) is 22.4. The lowest BCUT2D eigenvalue weighted by Gasteiger charge is -2.24. The number of amides is 2. The third-order valence-electron chi connectivity index (χ3n) is 6.22. The van der Waals surface area contributed by atoms with Crippen LogP contribution >= 0.6 is 15.9 Å². The highest BCUT2D eigenvalue weighted by molar-refractivity contribution is 9.10. The Kier molecular flexibility index (Phi) is 7.81. The first kappa shape index (κ1) is 23.5. The molecule has 1 atom stereocenters. The van der Waals surface area contributed by atoms with Crippen molar-refractivity contribution in [3.63, 3.8) is 0 Å². The van der Waals surface area contributed by atoms with Crippen LogP contribution in [-0.4, -0.2) is 47.9 Å². The van der Waals surface area contributed by atoms with E-state index >= 15 is 0 Å². The molecule has 1 heterocycles. The van der Waals surface area contributed by atoms with Gasteiger partial charge in [0, 0.05) is 12.1 Å². The summed E-state index contributed by atoms with van der Waals surface area (Å²) in [7, 11) is 1.60. The zero-order valence-electron chi connectivity index (χ0n) is 18.9. The molecule has 174 valence electrons. The number of nitrogens with zero attached hydrogens (tertiary/aromatic N) is 1. The van der Waals surface area contributed by atoms with Gasteiger partial charge in [0.1, 0.15) is 5.75 Å². The first-order valence-corrected chi connectivity index (χ1v) is 12.4. The van der Waals surface area contributed by atoms with Gasteiger partial charge in [-0.25, -0.2) is 4.79 Å². The van der Waals surface area contributed by atoms with Gasteiger partial charge in [-0.3, -0.25) is 4.79 Å². The smallest absolute Gasteiger partial charge is 0.455 e. The second-order valence-electron chi connectivity index (χ2n) is 8.61. The van der Waals surface area contributed by atoms with Gasteiger partial charge in [-0.2, -0.15) is 0 Å². The van der Waals surface area contributed by atoms with Crippen LogP contribution in [0.1, 0.15) is 50.5 Å². The Labute approximate surface area is 203 Å².